The van der Waals surface area contributed by atoms with Crippen LogP contribution in [0.2, 0.25) is 0 Å². The number of anilines is 1. The lowest BCUT2D eigenvalue weighted by atomic mass is 10.1. The lowest BCUT2D eigenvalue weighted by Gasteiger charge is -2.22. The number of aryl methyl sites for hydroxylation is 1. The highest BCUT2D eigenvalue weighted by Gasteiger charge is 2.12. The largest absolute Gasteiger partial charge is 0.368 e. The fraction of sp³-hybridized carbons (Fsp3) is 0.222. The number of alkyl halides is 1. The molecular formula is C18H18F4N2. The summed E-state index contributed by atoms with van der Waals surface area (Å²) >= 11 is 0. The van der Waals surface area contributed by atoms with Crippen molar-refractivity contribution < 1.29 is 17.6 Å². The molecule has 0 amide bonds. The predicted octanol–water partition coefficient (Wildman–Crippen LogP) is 4.90. The number of halogens is 4. The van der Waals surface area contributed by atoms with Crippen molar-refractivity contribution in [1.82, 2.24) is 4.90 Å². The van der Waals surface area contributed by atoms with E-state index in [1.54, 1.807) is 23.1 Å². The van der Waals surface area contributed by atoms with E-state index in [1.807, 2.05) is 6.92 Å². The first kappa shape index (κ1) is 17.8. The van der Waals surface area contributed by atoms with Crippen LogP contribution in [0.15, 0.2) is 43.1 Å². The fourth-order valence-corrected chi connectivity index (χ4v) is 2.25. The maximum Gasteiger partial charge on any atom is 0.194 e. The van der Waals surface area contributed by atoms with Gasteiger partial charge in [-0.1, -0.05) is 18.7 Å². The fourth-order valence-electron chi connectivity index (χ4n) is 2.25. The van der Waals surface area contributed by atoms with Crippen LogP contribution in [0, 0.1) is 24.4 Å². The van der Waals surface area contributed by atoms with Crippen LogP contribution in [0.4, 0.5) is 23.2 Å². The number of nitrogens with one attached hydrogen (secondary N) is 1. The predicted molar refractivity (Wildman–Crippen MR) is 86.5 cm³/mol. The number of hydrogen-bond acceptors (Lipinski definition) is 2. The zero-order chi connectivity index (χ0) is 17.7. The Morgan fingerprint density at radius 3 is 2.33 bits per heavy atom. The first-order valence-electron chi connectivity index (χ1n) is 7.34. The second-order valence-corrected chi connectivity index (χ2v) is 5.42. The van der Waals surface area contributed by atoms with Crippen LogP contribution in [0.25, 0.3) is 0 Å². The molecule has 0 aliphatic carbocycles. The van der Waals surface area contributed by atoms with Crippen LogP contribution in [0.3, 0.4) is 0 Å². The normalized spacial score (nSPS) is 10.5. The molecule has 2 nitrogen and oxygen atoms in total. The van der Waals surface area contributed by atoms with E-state index in [9.17, 15) is 17.6 Å². The van der Waals surface area contributed by atoms with E-state index in [1.165, 1.54) is 6.20 Å². The van der Waals surface area contributed by atoms with Crippen molar-refractivity contribution in [3.05, 3.63) is 77.3 Å². The Bertz CT molecular complexity index is 708. The van der Waals surface area contributed by atoms with Gasteiger partial charge in [0.2, 0.25) is 0 Å². The van der Waals surface area contributed by atoms with Gasteiger partial charge in [0.1, 0.15) is 6.67 Å². The van der Waals surface area contributed by atoms with E-state index in [4.69, 9.17) is 0 Å². The molecule has 0 spiro atoms. The number of benzene rings is 2. The summed E-state index contributed by atoms with van der Waals surface area (Å²) in [6, 6.07) is 7.11. The molecule has 0 aliphatic rings. The molecule has 6 heteroatoms. The molecule has 128 valence electrons. The van der Waals surface area contributed by atoms with Crippen molar-refractivity contribution >= 4 is 5.69 Å². The molecule has 0 unspecified atom stereocenters. The SMILES string of the molecule is C=CN(CNc1cc(CF)ccc1C)Cc1cc(F)c(F)c(F)c1. The van der Waals surface area contributed by atoms with Crippen molar-refractivity contribution in [1.29, 1.82) is 0 Å². The van der Waals surface area contributed by atoms with E-state index in [0.29, 0.717) is 12.2 Å². The molecule has 2 rings (SSSR count). The molecule has 0 saturated carbocycles. The zero-order valence-corrected chi connectivity index (χ0v) is 13.3. The second kappa shape index (κ2) is 7.86. The zero-order valence-electron chi connectivity index (χ0n) is 13.3. The first-order chi connectivity index (χ1) is 11.4. The van der Waals surface area contributed by atoms with Gasteiger partial charge in [-0.15, -0.1) is 0 Å². The van der Waals surface area contributed by atoms with Gasteiger partial charge in [-0.2, -0.15) is 0 Å². The van der Waals surface area contributed by atoms with Crippen LogP contribution in [0.5, 0.6) is 0 Å². The molecule has 2 aromatic rings. The summed E-state index contributed by atoms with van der Waals surface area (Å²) in [4.78, 5) is 1.66. The third-order valence-corrected chi connectivity index (χ3v) is 3.62. The second-order valence-electron chi connectivity index (χ2n) is 5.42. The van der Waals surface area contributed by atoms with Crippen molar-refractivity contribution in [2.75, 3.05) is 12.0 Å². The summed E-state index contributed by atoms with van der Waals surface area (Å²) in [6.07, 6.45) is 1.50. The van der Waals surface area contributed by atoms with Gasteiger partial charge in [0.25, 0.3) is 0 Å². The molecule has 0 saturated heterocycles. The van der Waals surface area contributed by atoms with E-state index in [0.717, 1.165) is 23.4 Å². The van der Waals surface area contributed by atoms with Crippen LogP contribution >= 0.6 is 0 Å². The number of nitrogens with zero attached hydrogens (tertiary/aromatic N) is 1. The number of hydrogen-bond donors (Lipinski definition) is 1. The molecular weight excluding hydrogens is 320 g/mol. The smallest absolute Gasteiger partial charge is 0.194 e. The van der Waals surface area contributed by atoms with Crippen molar-refractivity contribution in [3.63, 3.8) is 0 Å². The Kier molecular flexibility index (Phi) is 5.84. The highest BCUT2D eigenvalue weighted by atomic mass is 19.2. The third kappa shape index (κ3) is 4.28. The molecule has 24 heavy (non-hydrogen) atoms. The van der Waals surface area contributed by atoms with Crippen LogP contribution in [0.1, 0.15) is 16.7 Å². The summed E-state index contributed by atoms with van der Waals surface area (Å²) in [6.45, 7) is 5.41. The van der Waals surface area contributed by atoms with Crippen molar-refractivity contribution in [3.8, 4) is 0 Å². The summed E-state index contributed by atoms with van der Waals surface area (Å²) in [5, 5.41) is 3.13. The molecule has 0 bridgehead atoms. The Hall–Kier alpha value is -2.50. The van der Waals surface area contributed by atoms with Gasteiger partial charge in [-0.25, -0.2) is 17.6 Å². The summed E-state index contributed by atoms with van der Waals surface area (Å²) in [7, 11) is 0. The number of rotatable bonds is 7. The molecule has 0 aromatic heterocycles. The molecule has 0 fully saturated rings. The van der Waals surface area contributed by atoms with Gasteiger partial charge in [-0.3, -0.25) is 0 Å². The minimum Gasteiger partial charge on any atom is -0.368 e. The van der Waals surface area contributed by atoms with Crippen LogP contribution in [-0.2, 0) is 13.2 Å². The molecule has 1 N–H and O–H groups in total. The van der Waals surface area contributed by atoms with E-state index >= 15 is 0 Å². The summed E-state index contributed by atoms with van der Waals surface area (Å²) in [5.74, 6) is -3.94. The quantitative estimate of drug-likeness (QED) is 0.439. The Labute approximate surface area is 138 Å². The maximum absolute atomic E-state index is 13.3. The minimum absolute atomic E-state index is 0.145. The molecule has 0 heterocycles. The average molecular weight is 338 g/mol. The average Bonchev–Trinajstić information content (AvgIpc) is 2.57. The lowest BCUT2D eigenvalue weighted by molar-refractivity contribution is 0.389. The van der Waals surface area contributed by atoms with Crippen molar-refractivity contribution in [2.24, 2.45) is 0 Å². The van der Waals surface area contributed by atoms with Crippen LogP contribution < -0.4 is 5.32 Å². The molecule has 0 radical (unpaired) electrons. The first-order valence-corrected chi connectivity index (χ1v) is 7.34. The monoisotopic (exact) mass is 338 g/mol. The Morgan fingerprint density at radius 2 is 1.75 bits per heavy atom. The Balaban J connectivity index is 2.06. The van der Waals surface area contributed by atoms with Gasteiger partial charge in [-0.05, 0) is 48.0 Å². The highest BCUT2D eigenvalue weighted by molar-refractivity contribution is 5.52. The minimum atomic E-state index is -1.49. The van der Waals surface area contributed by atoms with E-state index in [-0.39, 0.29) is 12.1 Å². The molecule has 0 aliphatic heterocycles. The van der Waals surface area contributed by atoms with Crippen LogP contribution in [-0.4, -0.2) is 11.6 Å². The van der Waals surface area contributed by atoms with Gasteiger partial charge in [0.05, 0.1) is 6.67 Å². The lowest BCUT2D eigenvalue weighted by Crippen LogP contribution is -2.24. The maximum atomic E-state index is 13.3. The molecule has 0 atom stereocenters. The van der Waals surface area contributed by atoms with Crippen molar-refractivity contribution in [2.45, 2.75) is 20.1 Å². The summed E-state index contributed by atoms with van der Waals surface area (Å²) < 4.78 is 52.3. The van der Waals surface area contributed by atoms with Gasteiger partial charge < -0.3 is 10.2 Å². The highest BCUT2D eigenvalue weighted by Crippen LogP contribution is 2.19. The molecule has 2 aromatic carbocycles. The Morgan fingerprint density at radius 1 is 1.08 bits per heavy atom. The van der Waals surface area contributed by atoms with E-state index < -0.39 is 24.1 Å². The third-order valence-electron chi connectivity index (χ3n) is 3.62. The van der Waals surface area contributed by atoms with Gasteiger partial charge in [0.15, 0.2) is 17.5 Å². The van der Waals surface area contributed by atoms with Gasteiger partial charge >= 0.3 is 0 Å². The topological polar surface area (TPSA) is 15.3 Å². The van der Waals surface area contributed by atoms with Gasteiger partial charge in [0, 0.05) is 12.2 Å². The van der Waals surface area contributed by atoms with E-state index in [2.05, 4.69) is 11.9 Å². The summed E-state index contributed by atoms with van der Waals surface area (Å²) in [5.41, 5.74) is 2.53. The standard InChI is InChI=1S/C18H18F4N2/c1-3-24(10-14-6-15(20)18(22)16(21)7-14)11-23-17-8-13(9-19)5-4-12(17)2/h3-8,23H,1,9-11H2,2H3.